The third-order valence-corrected chi connectivity index (χ3v) is 5.81. The van der Waals surface area contributed by atoms with Gasteiger partial charge in [-0.2, -0.15) is 0 Å². The van der Waals surface area contributed by atoms with E-state index in [-0.39, 0.29) is 29.4 Å². The van der Waals surface area contributed by atoms with Gasteiger partial charge in [0.2, 0.25) is 0 Å². The van der Waals surface area contributed by atoms with Gasteiger partial charge in [-0.3, -0.25) is 9.59 Å². The molecule has 1 aliphatic heterocycles. The molecule has 132 valence electrons. The number of benzene rings is 1. The monoisotopic (exact) mass is 352 g/mol. The van der Waals surface area contributed by atoms with Crippen molar-refractivity contribution in [1.82, 2.24) is 10.6 Å². The smallest absolute Gasteiger partial charge is 0.251 e. The molecule has 0 bridgehead atoms. The van der Waals surface area contributed by atoms with Crippen LogP contribution in [0.3, 0.4) is 0 Å². The van der Waals surface area contributed by atoms with Crippen LogP contribution in [0.4, 0.5) is 0 Å². The Hall–Kier alpha value is -1.89. The van der Waals surface area contributed by atoms with E-state index in [4.69, 9.17) is 0 Å². The van der Waals surface area contributed by atoms with Gasteiger partial charge in [-0.25, -0.2) is 8.42 Å². The summed E-state index contributed by atoms with van der Waals surface area (Å²) in [6.45, 7) is 2.75. The van der Waals surface area contributed by atoms with Crippen molar-refractivity contribution in [2.24, 2.45) is 0 Å². The van der Waals surface area contributed by atoms with E-state index in [1.807, 2.05) is 0 Å². The number of nitrogens with one attached hydrogen (secondary N) is 2. The molecule has 0 saturated carbocycles. The lowest BCUT2D eigenvalue weighted by molar-refractivity contribution is 0.0933. The normalized spacial score (nSPS) is 19.0. The molecular weight excluding hydrogens is 328 g/mol. The van der Waals surface area contributed by atoms with E-state index in [0.717, 1.165) is 19.3 Å². The fourth-order valence-electron chi connectivity index (χ4n) is 2.63. The maximum atomic E-state index is 12.1. The van der Waals surface area contributed by atoms with Crippen molar-refractivity contribution in [3.8, 4) is 0 Å². The molecule has 1 heterocycles. The van der Waals surface area contributed by atoms with Crippen LogP contribution in [-0.2, 0) is 9.84 Å². The highest BCUT2D eigenvalue weighted by Gasteiger charge is 2.29. The van der Waals surface area contributed by atoms with Gasteiger partial charge in [0, 0.05) is 23.7 Å². The zero-order chi connectivity index (χ0) is 17.6. The molecule has 1 aromatic rings. The summed E-state index contributed by atoms with van der Waals surface area (Å²) in [5, 5.41) is 5.57. The Morgan fingerprint density at radius 3 is 2.25 bits per heavy atom. The number of amides is 2. The molecule has 1 aliphatic rings. The molecule has 2 amide bonds. The van der Waals surface area contributed by atoms with Crippen LogP contribution in [0.1, 0.15) is 53.3 Å². The van der Waals surface area contributed by atoms with Crippen molar-refractivity contribution in [1.29, 1.82) is 0 Å². The fraction of sp³-hybridized carbons (Fsp3) is 0.529. The predicted molar refractivity (Wildman–Crippen MR) is 92.8 cm³/mol. The van der Waals surface area contributed by atoms with E-state index in [1.165, 1.54) is 0 Å². The molecular formula is C17H24N2O4S. The molecule has 1 aromatic carbocycles. The summed E-state index contributed by atoms with van der Waals surface area (Å²) in [5.41, 5.74) is 0.924. The van der Waals surface area contributed by atoms with Gasteiger partial charge in [0.1, 0.15) is 0 Å². The van der Waals surface area contributed by atoms with Crippen LogP contribution in [-0.4, -0.2) is 44.3 Å². The summed E-state index contributed by atoms with van der Waals surface area (Å²) < 4.78 is 22.8. The second-order valence-corrected chi connectivity index (χ2v) is 8.34. The Labute approximate surface area is 142 Å². The number of carbonyl (C=O) groups is 2. The Kier molecular flexibility index (Phi) is 6.36. The summed E-state index contributed by atoms with van der Waals surface area (Å²) in [6, 6.07) is 6.05. The number of hydrogen-bond acceptors (Lipinski definition) is 4. The van der Waals surface area contributed by atoms with Crippen molar-refractivity contribution in [2.45, 2.75) is 38.6 Å². The van der Waals surface area contributed by atoms with Crippen molar-refractivity contribution >= 4 is 21.7 Å². The van der Waals surface area contributed by atoms with Gasteiger partial charge in [0.05, 0.1) is 11.5 Å². The maximum absolute atomic E-state index is 12.1. The van der Waals surface area contributed by atoms with Gasteiger partial charge in [-0.1, -0.05) is 19.8 Å². The minimum Gasteiger partial charge on any atom is -0.352 e. The number of hydrogen-bond donors (Lipinski definition) is 2. The van der Waals surface area contributed by atoms with Crippen LogP contribution >= 0.6 is 0 Å². The van der Waals surface area contributed by atoms with E-state index in [2.05, 4.69) is 17.6 Å². The molecule has 0 radical (unpaired) electrons. The number of unbranched alkanes of at least 4 members (excludes halogenated alkanes) is 2. The van der Waals surface area contributed by atoms with Crippen LogP contribution < -0.4 is 10.6 Å². The van der Waals surface area contributed by atoms with Gasteiger partial charge in [-0.05, 0) is 37.1 Å². The minimum atomic E-state index is -3.02. The van der Waals surface area contributed by atoms with E-state index in [1.54, 1.807) is 24.3 Å². The summed E-state index contributed by atoms with van der Waals surface area (Å²) in [6.07, 6.45) is 3.58. The first-order valence-corrected chi connectivity index (χ1v) is 10.1. The van der Waals surface area contributed by atoms with Gasteiger partial charge >= 0.3 is 0 Å². The summed E-state index contributed by atoms with van der Waals surface area (Å²) >= 11 is 0. The van der Waals surface area contributed by atoms with Crippen LogP contribution in [0.15, 0.2) is 24.3 Å². The van der Waals surface area contributed by atoms with E-state index in [0.29, 0.717) is 24.1 Å². The van der Waals surface area contributed by atoms with E-state index in [9.17, 15) is 18.0 Å². The lowest BCUT2D eigenvalue weighted by Gasteiger charge is -2.11. The topological polar surface area (TPSA) is 92.3 Å². The average molecular weight is 352 g/mol. The maximum Gasteiger partial charge on any atom is 0.251 e. The largest absolute Gasteiger partial charge is 0.352 e. The lowest BCUT2D eigenvalue weighted by Crippen LogP contribution is -2.35. The fourth-order valence-corrected chi connectivity index (χ4v) is 4.30. The van der Waals surface area contributed by atoms with E-state index >= 15 is 0 Å². The molecule has 6 nitrogen and oxygen atoms in total. The Morgan fingerprint density at radius 1 is 1.08 bits per heavy atom. The molecule has 2 N–H and O–H groups in total. The second kappa shape index (κ2) is 8.28. The van der Waals surface area contributed by atoms with Crippen molar-refractivity contribution < 1.29 is 18.0 Å². The van der Waals surface area contributed by atoms with Crippen LogP contribution in [0, 0.1) is 0 Å². The van der Waals surface area contributed by atoms with E-state index < -0.39 is 9.84 Å². The Bertz CT molecular complexity index is 683. The standard InChI is InChI=1S/C17H24N2O4S/c1-2-3-4-10-18-16(20)13-5-7-14(8-6-13)17(21)19-15-9-11-24(22,23)12-15/h5-8,15H,2-4,9-12H2,1H3,(H,18,20)(H,19,21). The van der Waals surface area contributed by atoms with Gasteiger partial charge in [-0.15, -0.1) is 0 Å². The Balaban J connectivity index is 1.87. The lowest BCUT2D eigenvalue weighted by atomic mass is 10.1. The molecule has 0 aliphatic carbocycles. The second-order valence-electron chi connectivity index (χ2n) is 6.11. The first-order valence-electron chi connectivity index (χ1n) is 8.31. The molecule has 0 spiro atoms. The molecule has 2 rings (SSSR count). The molecule has 1 fully saturated rings. The summed E-state index contributed by atoms with van der Waals surface area (Å²) in [4.78, 5) is 24.1. The zero-order valence-corrected chi connectivity index (χ0v) is 14.7. The van der Waals surface area contributed by atoms with Crippen molar-refractivity contribution in [3.05, 3.63) is 35.4 Å². The number of rotatable bonds is 7. The number of carbonyl (C=O) groups excluding carboxylic acids is 2. The predicted octanol–water partition coefficient (Wildman–Crippen LogP) is 1.52. The summed E-state index contributed by atoms with van der Waals surface area (Å²) in [5.74, 6) is -0.349. The van der Waals surface area contributed by atoms with Gasteiger partial charge in [0.15, 0.2) is 9.84 Å². The first-order chi connectivity index (χ1) is 11.4. The highest BCUT2D eigenvalue weighted by Crippen LogP contribution is 2.12. The third-order valence-electron chi connectivity index (χ3n) is 4.04. The number of sulfone groups is 1. The molecule has 0 aromatic heterocycles. The SMILES string of the molecule is CCCCCNC(=O)c1ccc(C(=O)NC2CCS(=O)(=O)C2)cc1. The molecule has 1 unspecified atom stereocenters. The highest BCUT2D eigenvalue weighted by molar-refractivity contribution is 7.91. The van der Waals surface area contributed by atoms with Crippen LogP contribution in [0.2, 0.25) is 0 Å². The first kappa shape index (κ1) is 18.4. The van der Waals surface area contributed by atoms with Crippen LogP contribution in [0.5, 0.6) is 0 Å². The highest BCUT2D eigenvalue weighted by atomic mass is 32.2. The quantitative estimate of drug-likeness (QED) is 0.728. The third kappa shape index (κ3) is 5.33. The molecule has 7 heteroatoms. The Morgan fingerprint density at radius 2 is 1.71 bits per heavy atom. The summed E-state index contributed by atoms with van der Waals surface area (Å²) in [7, 11) is -3.02. The average Bonchev–Trinajstić information content (AvgIpc) is 2.90. The van der Waals surface area contributed by atoms with Gasteiger partial charge in [0.25, 0.3) is 11.8 Å². The minimum absolute atomic E-state index is 0.00299. The van der Waals surface area contributed by atoms with Crippen molar-refractivity contribution in [2.75, 3.05) is 18.1 Å². The van der Waals surface area contributed by atoms with Crippen LogP contribution in [0.25, 0.3) is 0 Å². The molecule has 1 saturated heterocycles. The zero-order valence-electron chi connectivity index (χ0n) is 13.9. The molecule has 1 atom stereocenters. The van der Waals surface area contributed by atoms with Crippen molar-refractivity contribution in [3.63, 3.8) is 0 Å². The molecule has 24 heavy (non-hydrogen) atoms. The van der Waals surface area contributed by atoms with Gasteiger partial charge < -0.3 is 10.6 Å².